The molecule has 0 saturated carbocycles. The third kappa shape index (κ3) is 3.02. The molecule has 5 heteroatoms. The van der Waals surface area contributed by atoms with E-state index >= 15 is 0 Å². The fraction of sp³-hybridized carbons (Fsp3) is 0.636. The van der Waals surface area contributed by atoms with Crippen LogP contribution < -0.4 is 11.1 Å². The van der Waals surface area contributed by atoms with Crippen molar-refractivity contribution in [3.05, 3.63) is 16.1 Å². The first-order valence-corrected chi connectivity index (χ1v) is 6.23. The molecule has 0 aliphatic carbocycles. The molecule has 1 aromatic rings. The van der Waals surface area contributed by atoms with Gasteiger partial charge in [0.2, 0.25) is 5.91 Å². The number of amides is 1. The Hall–Kier alpha value is -0.940. The molecule has 0 aliphatic heterocycles. The SMILES string of the molecule is CCC(C)(CN)C(=O)NCc1ncc(C)s1. The lowest BCUT2D eigenvalue weighted by molar-refractivity contribution is -0.130. The summed E-state index contributed by atoms with van der Waals surface area (Å²) in [6.07, 6.45) is 2.56. The summed E-state index contributed by atoms with van der Waals surface area (Å²) in [5, 5.41) is 3.82. The van der Waals surface area contributed by atoms with Crippen LogP contribution in [0.2, 0.25) is 0 Å². The summed E-state index contributed by atoms with van der Waals surface area (Å²) in [6, 6.07) is 0. The average molecular weight is 241 g/mol. The first-order valence-electron chi connectivity index (χ1n) is 5.41. The Balaban J connectivity index is 2.52. The predicted molar refractivity (Wildman–Crippen MR) is 66.2 cm³/mol. The molecule has 4 nitrogen and oxygen atoms in total. The van der Waals surface area contributed by atoms with Gasteiger partial charge >= 0.3 is 0 Å². The Morgan fingerprint density at radius 2 is 2.38 bits per heavy atom. The van der Waals surface area contributed by atoms with E-state index in [1.165, 1.54) is 0 Å². The minimum atomic E-state index is -0.466. The van der Waals surface area contributed by atoms with Crippen molar-refractivity contribution in [1.82, 2.24) is 10.3 Å². The molecule has 1 rings (SSSR count). The van der Waals surface area contributed by atoms with Gasteiger partial charge in [0.1, 0.15) is 5.01 Å². The van der Waals surface area contributed by atoms with Crippen LogP contribution in [-0.4, -0.2) is 17.4 Å². The molecule has 0 saturated heterocycles. The molecule has 1 atom stereocenters. The van der Waals surface area contributed by atoms with E-state index in [1.54, 1.807) is 11.3 Å². The summed E-state index contributed by atoms with van der Waals surface area (Å²) in [6.45, 7) is 6.72. The zero-order valence-corrected chi connectivity index (χ0v) is 10.9. The van der Waals surface area contributed by atoms with Gasteiger partial charge in [-0.1, -0.05) is 6.92 Å². The first kappa shape index (κ1) is 13.1. The molecule has 90 valence electrons. The number of carbonyl (C=O) groups is 1. The Labute approximate surface area is 100 Å². The van der Waals surface area contributed by atoms with Gasteiger partial charge in [-0.3, -0.25) is 4.79 Å². The molecule has 1 amide bonds. The number of nitrogens with one attached hydrogen (secondary N) is 1. The molecule has 1 aromatic heterocycles. The standard InChI is InChI=1S/C11H19N3OS/c1-4-11(3,7-12)10(15)14-6-9-13-5-8(2)16-9/h5H,4,6-7,12H2,1-3H3,(H,14,15). The fourth-order valence-corrected chi connectivity index (χ4v) is 1.98. The van der Waals surface area contributed by atoms with E-state index in [-0.39, 0.29) is 5.91 Å². The lowest BCUT2D eigenvalue weighted by Gasteiger charge is -2.24. The second-order valence-electron chi connectivity index (χ2n) is 4.17. The van der Waals surface area contributed by atoms with E-state index in [0.29, 0.717) is 13.1 Å². The smallest absolute Gasteiger partial charge is 0.227 e. The summed E-state index contributed by atoms with van der Waals surface area (Å²) < 4.78 is 0. The van der Waals surface area contributed by atoms with Gasteiger partial charge in [-0.25, -0.2) is 4.98 Å². The molecule has 0 spiro atoms. The molecule has 0 bridgehead atoms. The molecule has 1 unspecified atom stereocenters. The molecule has 3 N–H and O–H groups in total. The van der Waals surface area contributed by atoms with Crippen molar-refractivity contribution in [1.29, 1.82) is 0 Å². The second-order valence-corrected chi connectivity index (χ2v) is 5.48. The molecular formula is C11H19N3OS. The van der Waals surface area contributed by atoms with Gasteiger partial charge in [-0.15, -0.1) is 11.3 Å². The Morgan fingerprint density at radius 3 is 2.81 bits per heavy atom. The summed E-state index contributed by atoms with van der Waals surface area (Å²) in [4.78, 5) is 17.2. The van der Waals surface area contributed by atoms with Gasteiger partial charge in [0.05, 0.1) is 12.0 Å². The lowest BCUT2D eigenvalue weighted by Crippen LogP contribution is -2.43. The van der Waals surface area contributed by atoms with Crippen LogP contribution in [0.15, 0.2) is 6.20 Å². The van der Waals surface area contributed by atoms with Crippen molar-refractivity contribution in [3.63, 3.8) is 0 Å². The van der Waals surface area contributed by atoms with Crippen LogP contribution in [0.3, 0.4) is 0 Å². The molecular weight excluding hydrogens is 222 g/mol. The van der Waals surface area contributed by atoms with Crippen LogP contribution in [0.4, 0.5) is 0 Å². The maximum atomic E-state index is 11.9. The Morgan fingerprint density at radius 1 is 1.69 bits per heavy atom. The molecule has 0 aromatic carbocycles. The van der Waals surface area contributed by atoms with Crippen molar-refractivity contribution in [2.45, 2.75) is 33.7 Å². The topological polar surface area (TPSA) is 68.0 Å². The minimum Gasteiger partial charge on any atom is -0.349 e. The lowest BCUT2D eigenvalue weighted by atomic mass is 9.87. The molecule has 1 heterocycles. The third-order valence-electron chi connectivity index (χ3n) is 2.85. The van der Waals surface area contributed by atoms with Crippen LogP contribution in [-0.2, 0) is 11.3 Å². The van der Waals surface area contributed by atoms with Crippen molar-refractivity contribution in [2.24, 2.45) is 11.1 Å². The summed E-state index contributed by atoms with van der Waals surface area (Å²) in [7, 11) is 0. The highest BCUT2D eigenvalue weighted by molar-refractivity contribution is 7.11. The zero-order valence-electron chi connectivity index (χ0n) is 10.0. The molecule has 0 aliphatic rings. The van der Waals surface area contributed by atoms with Crippen molar-refractivity contribution in [2.75, 3.05) is 6.54 Å². The number of aromatic nitrogens is 1. The zero-order chi connectivity index (χ0) is 12.2. The van der Waals surface area contributed by atoms with Gasteiger partial charge < -0.3 is 11.1 Å². The van der Waals surface area contributed by atoms with Crippen molar-refractivity contribution in [3.8, 4) is 0 Å². The summed E-state index contributed by atoms with van der Waals surface area (Å²) in [5.74, 6) is 0.00496. The summed E-state index contributed by atoms with van der Waals surface area (Å²) in [5.41, 5.74) is 5.15. The molecule has 0 radical (unpaired) electrons. The predicted octanol–water partition coefficient (Wildman–Crippen LogP) is 1.44. The second kappa shape index (κ2) is 5.41. The first-order chi connectivity index (χ1) is 7.51. The highest BCUT2D eigenvalue weighted by Gasteiger charge is 2.29. The largest absolute Gasteiger partial charge is 0.349 e. The monoisotopic (exact) mass is 241 g/mol. The number of nitrogens with two attached hydrogens (primary N) is 1. The van der Waals surface area contributed by atoms with Crippen LogP contribution in [0.25, 0.3) is 0 Å². The van der Waals surface area contributed by atoms with Crippen LogP contribution in [0.5, 0.6) is 0 Å². The number of hydrogen-bond donors (Lipinski definition) is 2. The molecule has 16 heavy (non-hydrogen) atoms. The maximum absolute atomic E-state index is 11.9. The van der Waals surface area contributed by atoms with Crippen molar-refractivity contribution < 1.29 is 4.79 Å². The molecule has 0 fully saturated rings. The van der Waals surface area contributed by atoms with E-state index in [9.17, 15) is 4.79 Å². The van der Waals surface area contributed by atoms with Crippen LogP contribution in [0.1, 0.15) is 30.2 Å². The van der Waals surface area contributed by atoms with E-state index < -0.39 is 5.41 Å². The number of hydrogen-bond acceptors (Lipinski definition) is 4. The van der Waals surface area contributed by atoms with E-state index in [1.807, 2.05) is 27.0 Å². The normalized spacial score (nSPS) is 14.5. The number of nitrogens with zero attached hydrogens (tertiary/aromatic N) is 1. The maximum Gasteiger partial charge on any atom is 0.227 e. The van der Waals surface area contributed by atoms with Gasteiger partial charge in [-0.05, 0) is 20.3 Å². The van der Waals surface area contributed by atoms with Crippen LogP contribution >= 0.6 is 11.3 Å². The summed E-state index contributed by atoms with van der Waals surface area (Å²) >= 11 is 1.60. The van der Waals surface area contributed by atoms with Gasteiger partial charge in [-0.2, -0.15) is 0 Å². The van der Waals surface area contributed by atoms with Gasteiger partial charge in [0.25, 0.3) is 0 Å². The Bertz CT molecular complexity index is 358. The van der Waals surface area contributed by atoms with E-state index in [0.717, 1.165) is 16.3 Å². The third-order valence-corrected chi connectivity index (χ3v) is 3.76. The quantitative estimate of drug-likeness (QED) is 0.819. The highest BCUT2D eigenvalue weighted by atomic mass is 32.1. The van der Waals surface area contributed by atoms with E-state index in [4.69, 9.17) is 5.73 Å². The fourth-order valence-electron chi connectivity index (χ4n) is 1.25. The minimum absolute atomic E-state index is 0.00496. The van der Waals surface area contributed by atoms with Gasteiger partial charge in [0.15, 0.2) is 0 Å². The number of thiazole rings is 1. The van der Waals surface area contributed by atoms with Gasteiger partial charge in [0, 0.05) is 17.6 Å². The number of aryl methyl sites for hydroxylation is 1. The highest BCUT2D eigenvalue weighted by Crippen LogP contribution is 2.19. The van der Waals surface area contributed by atoms with E-state index in [2.05, 4.69) is 10.3 Å². The van der Waals surface area contributed by atoms with Crippen LogP contribution in [0, 0.1) is 12.3 Å². The Kier molecular flexibility index (Phi) is 4.44. The number of rotatable bonds is 5. The average Bonchev–Trinajstić information content (AvgIpc) is 2.70. The number of carbonyl (C=O) groups excluding carboxylic acids is 1. The van der Waals surface area contributed by atoms with Crippen molar-refractivity contribution >= 4 is 17.2 Å².